The van der Waals surface area contributed by atoms with Gasteiger partial charge in [-0.15, -0.1) is 0 Å². The van der Waals surface area contributed by atoms with Crippen LogP contribution in [0, 0.1) is 0 Å². The summed E-state index contributed by atoms with van der Waals surface area (Å²) >= 11 is 6.29. The second-order valence-electron chi connectivity index (χ2n) is 5.63. The molecular weight excluding hydrogens is 348 g/mol. The number of hydrogen-bond acceptors (Lipinski definition) is 4. The molecule has 0 N–H and O–H groups in total. The number of ether oxygens (including phenoxy) is 2. The molecule has 4 rings (SSSR count). The summed E-state index contributed by atoms with van der Waals surface area (Å²) in [6.07, 6.45) is 1.61. The molecule has 0 aliphatic rings. The van der Waals surface area contributed by atoms with Crippen LogP contribution in [0.1, 0.15) is 0 Å². The molecule has 1 aromatic heterocycles. The predicted molar refractivity (Wildman–Crippen MR) is 103 cm³/mol. The summed E-state index contributed by atoms with van der Waals surface area (Å²) in [5.74, 6) is 2.04. The molecule has 1 heterocycles. The number of methoxy groups -OCH3 is 1. The van der Waals surface area contributed by atoms with Gasteiger partial charge in [-0.2, -0.15) is 4.98 Å². The van der Waals surface area contributed by atoms with Crippen molar-refractivity contribution in [2.75, 3.05) is 7.11 Å². The first-order chi connectivity index (χ1) is 12.8. The Hall–Kier alpha value is -3.11. The number of hydrogen-bond donors (Lipinski definition) is 0. The Kier molecular flexibility index (Phi) is 4.42. The monoisotopic (exact) mass is 362 g/mol. The molecule has 0 amide bonds. The van der Waals surface area contributed by atoms with Gasteiger partial charge in [-0.3, -0.25) is 0 Å². The van der Waals surface area contributed by atoms with E-state index in [1.165, 1.54) is 0 Å². The Balaban J connectivity index is 1.80. The fraction of sp³-hybridized carbons (Fsp3) is 0.0476. The maximum Gasteiger partial charge on any atom is 0.266 e. The lowest BCUT2D eigenvalue weighted by Gasteiger charge is -2.12. The molecule has 5 heteroatoms. The zero-order valence-electron chi connectivity index (χ0n) is 14.0. The van der Waals surface area contributed by atoms with Gasteiger partial charge in [0.1, 0.15) is 5.75 Å². The van der Waals surface area contributed by atoms with Gasteiger partial charge >= 0.3 is 0 Å². The van der Waals surface area contributed by atoms with Gasteiger partial charge < -0.3 is 9.47 Å². The highest BCUT2D eigenvalue weighted by Gasteiger charge is 2.14. The SMILES string of the molecule is COc1cnc(-c2ccccc2)nc1Oc1ccc(Cl)c2ccccc12. The highest BCUT2D eigenvalue weighted by Crippen LogP contribution is 2.36. The van der Waals surface area contributed by atoms with Gasteiger partial charge in [0.2, 0.25) is 0 Å². The van der Waals surface area contributed by atoms with E-state index < -0.39 is 0 Å². The lowest BCUT2D eigenvalue weighted by atomic mass is 10.1. The minimum absolute atomic E-state index is 0.355. The van der Waals surface area contributed by atoms with E-state index in [1.807, 2.05) is 66.7 Å². The molecule has 0 unspecified atom stereocenters. The zero-order valence-corrected chi connectivity index (χ0v) is 14.8. The van der Waals surface area contributed by atoms with Gasteiger partial charge in [0.05, 0.1) is 13.3 Å². The number of aromatic nitrogens is 2. The van der Waals surface area contributed by atoms with Crippen LogP contribution in [0.5, 0.6) is 17.4 Å². The summed E-state index contributed by atoms with van der Waals surface area (Å²) in [6.45, 7) is 0. The van der Waals surface area contributed by atoms with Crippen molar-refractivity contribution in [3.05, 3.63) is 77.9 Å². The van der Waals surface area contributed by atoms with Gasteiger partial charge in [-0.25, -0.2) is 4.98 Å². The van der Waals surface area contributed by atoms with Gasteiger partial charge in [-0.05, 0) is 12.1 Å². The van der Waals surface area contributed by atoms with E-state index in [9.17, 15) is 0 Å². The highest BCUT2D eigenvalue weighted by atomic mass is 35.5. The third-order valence-electron chi connectivity index (χ3n) is 4.01. The Morgan fingerprint density at radius 3 is 2.31 bits per heavy atom. The molecule has 0 saturated heterocycles. The first-order valence-corrected chi connectivity index (χ1v) is 8.45. The van der Waals surface area contributed by atoms with Crippen molar-refractivity contribution in [3.8, 4) is 28.8 Å². The van der Waals surface area contributed by atoms with Crippen molar-refractivity contribution in [1.82, 2.24) is 9.97 Å². The quantitative estimate of drug-likeness (QED) is 0.463. The van der Waals surface area contributed by atoms with E-state index in [1.54, 1.807) is 13.3 Å². The molecule has 0 fully saturated rings. The smallest absolute Gasteiger partial charge is 0.266 e. The van der Waals surface area contributed by atoms with E-state index in [2.05, 4.69) is 9.97 Å². The van der Waals surface area contributed by atoms with Crippen LogP contribution < -0.4 is 9.47 Å². The van der Waals surface area contributed by atoms with Crippen LogP contribution in [-0.4, -0.2) is 17.1 Å². The summed E-state index contributed by atoms with van der Waals surface area (Å²) < 4.78 is 11.5. The standard InChI is InChI=1S/C21H15ClN2O2/c1-25-19-13-23-20(14-7-3-2-4-8-14)24-21(19)26-18-12-11-17(22)15-9-5-6-10-16(15)18/h2-13H,1H3. The van der Waals surface area contributed by atoms with E-state index in [0.29, 0.717) is 28.2 Å². The third kappa shape index (κ3) is 3.07. The summed E-state index contributed by atoms with van der Waals surface area (Å²) in [6, 6.07) is 21.2. The van der Waals surface area contributed by atoms with Gasteiger partial charge in [-0.1, -0.05) is 66.2 Å². The normalized spacial score (nSPS) is 10.7. The van der Waals surface area contributed by atoms with Crippen LogP contribution in [0.4, 0.5) is 0 Å². The van der Waals surface area contributed by atoms with E-state index in [-0.39, 0.29) is 0 Å². The van der Waals surface area contributed by atoms with Crippen LogP contribution >= 0.6 is 11.6 Å². The molecule has 0 atom stereocenters. The predicted octanol–water partition coefficient (Wildman–Crippen LogP) is 5.75. The topological polar surface area (TPSA) is 44.2 Å². The van der Waals surface area contributed by atoms with Crippen molar-refractivity contribution in [3.63, 3.8) is 0 Å². The molecule has 4 aromatic rings. The van der Waals surface area contributed by atoms with Crippen molar-refractivity contribution < 1.29 is 9.47 Å². The Morgan fingerprint density at radius 1 is 0.808 bits per heavy atom. The maximum atomic E-state index is 6.29. The van der Waals surface area contributed by atoms with Crippen molar-refractivity contribution in [1.29, 1.82) is 0 Å². The average molecular weight is 363 g/mol. The van der Waals surface area contributed by atoms with E-state index in [4.69, 9.17) is 21.1 Å². The number of benzene rings is 3. The van der Waals surface area contributed by atoms with Gasteiger partial charge in [0, 0.05) is 21.4 Å². The molecular formula is C21H15ClN2O2. The number of fused-ring (bicyclic) bond motifs is 1. The fourth-order valence-corrected chi connectivity index (χ4v) is 2.95. The number of halogens is 1. The molecule has 4 nitrogen and oxygen atoms in total. The zero-order chi connectivity index (χ0) is 17.9. The summed E-state index contributed by atoms with van der Waals surface area (Å²) in [5.41, 5.74) is 0.904. The molecule has 0 saturated carbocycles. The third-order valence-corrected chi connectivity index (χ3v) is 4.34. The van der Waals surface area contributed by atoms with Crippen LogP contribution in [0.2, 0.25) is 5.02 Å². The largest absolute Gasteiger partial charge is 0.490 e. The summed E-state index contributed by atoms with van der Waals surface area (Å²) in [5, 5.41) is 2.50. The summed E-state index contributed by atoms with van der Waals surface area (Å²) in [4.78, 5) is 8.91. The Morgan fingerprint density at radius 2 is 1.54 bits per heavy atom. The molecule has 0 radical (unpaired) electrons. The molecule has 0 bridgehead atoms. The van der Waals surface area contributed by atoms with E-state index >= 15 is 0 Å². The maximum absolute atomic E-state index is 6.29. The van der Waals surface area contributed by atoms with Crippen LogP contribution in [-0.2, 0) is 0 Å². The molecule has 0 spiro atoms. The summed E-state index contributed by atoms with van der Waals surface area (Å²) in [7, 11) is 1.56. The van der Waals surface area contributed by atoms with Crippen LogP contribution in [0.25, 0.3) is 22.2 Å². The van der Waals surface area contributed by atoms with Gasteiger partial charge in [0.15, 0.2) is 11.6 Å². The molecule has 0 aliphatic heterocycles. The molecule has 26 heavy (non-hydrogen) atoms. The Bertz CT molecular complexity index is 1070. The highest BCUT2D eigenvalue weighted by molar-refractivity contribution is 6.35. The minimum atomic E-state index is 0.355. The first kappa shape index (κ1) is 16.4. The van der Waals surface area contributed by atoms with Crippen molar-refractivity contribution in [2.45, 2.75) is 0 Å². The lowest BCUT2D eigenvalue weighted by Crippen LogP contribution is -1.98. The van der Waals surface area contributed by atoms with Crippen LogP contribution in [0.3, 0.4) is 0 Å². The average Bonchev–Trinajstić information content (AvgIpc) is 2.71. The number of rotatable bonds is 4. The second kappa shape index (κ2) is 7.02. The van der Waals surface area contributed by atoms with E-state index in [0.717, 1.165) is 16.3 Å². The van der Waals surface area contributed by atoms with Gasteiger partial charge in [0.25, 0.3) is 5.88 Å². The lowest BCUT2D eigenvalue weighted by molar-refractivity contribution is 0.369. The van der Waals surface area contributed by atoms with Crippen molar-refractivity contribution in [2.24, 2.45) is 0 Å². The minimum Gasteiger partial charge on any atom is -0.490 e. The molecule has 0 aliphatic carbocycles. The van der Waals surface area contributed by atoms with Crippen LogP contribution in [0.15, 0.2) is 72.9 Å². The molecule has 128 valence electrons. The number of nitrogens with zero attached hydrogens (tertiary/aromatic N) is 2. The molecule has 3 aromatic carbocycles. The second-order valence-corrected chi connectivity index (χ2v) is 6.03. The first-order valence-electron chi connectivity index (χ1n) is 8.08. The van der Waals surface area contributed by atoms with Crippen molar-refractivity contribution >= 4 is 22.4 Å². The fourth-order valence-electron chi connectivity index (χ4n) is 2.72. The Labute approximate surface area is 156 Å².